The van der Waals surface area contributed by atoms with Gasteiger partial charge < -0.3 is 4.74 Å². The summed E-state index contributed by atoms with van der Waals surface area (Å²) in [6.45, 7) is 0. The maximum absolute atomic E-state index is 13.9. The molecule has 0 unspecified atom stereocenters. The van der Waals surface area contributed by atoms with Crippen LogP contribution in [0.3, 0.4) is 0 Å². The van der Waals surface area contributed by atoms with E-state index >= 15 is 0 Å². The van der Waals surface area contributed by atoms with Crippen molar-refractivity contribution in [2.45, 2.75) is 17.4 Å². The molecule has 1 aliphatic rings. The van der Waals surface area contributed by atoms with Gasteiger partial charge in [0.05, 0.1) is 29.4 Å². The summed E-state index contributed by atoms with van der Waals surface area (Å²) in [6, 6.07) is 19.8. The molecule has 1 aliphatic heterocycles. The van der Waals surface area contributed by atoms with Crippen molar-refractivity contribution in [1.29, 1.82) is 0 Å². The van der Waals surface area contributed by atoms with Gasteiger partial charge in [-0.3, -0.25) is 5.01 Å². The Balaban J connectivity index is 1.79. The molecule has 0 aliphatic carbocycles. The van der Waals surface area contributed by atoms with Gasteiger partial charge in [0.15, 0.2) is 0 Å². The lowest BCUT2D eigenvalue weighted by atomic mass is 9.97. The van der Waals surface area contributed by atoms with Crippen molar-refractivity contribution in [3.63, 3.8) is 0 Å². The largest absolute Gasteiger partial charge is 0.496 e. The number of anilines is 1. The molecule has 6 nitrogen and oxygen atoms in total. The highest BCUT2D eigenvalue weighted by Gasteiger charge is 2.31. The fourth-order valence-electron chi connectivity index (χ4n) is 3.56. The first-order valence-corrected chi connectivity index (χ1v) is 10.8. The van der Waals surface area contributed by atoms with E-state index in [-0.39, 0.29) is 16.8 Å². The molecule has 0 saturated heterocycles. The molecular formula is C22H20FN3O3S. The Labute approximate surface area is 174 Å². The fraction of sp³-hybridized carbons (Fsp3) is 0.136. The lowest BCUT2D eigenvalue weighted by molar-refractivity contribution is 0.414. The minimum Gasteiger partial charge on any atom is -0.496 e. The second-order valence-electron chi connectivity index (χ2n) is 6.91. The summed E-state index contributed by atoms with van der Waals surface area (Å²) >= 11 is 0. The van der Waals surface area contributed by atoms with E-state index in [2.05, 4.69) is 0 Å². The van der Waals surface area contributed by atoms with Gasteiger partial charge in [-0.25, -0.2) is 17.9 Å². The molecule has 0 fully saturated rings. The first kappa shape index (κ1) is 20.1. The minimum atomic E-state index is -3.80. The summed E-state index contributed by atoms with van der Waals surface area (Å²) in [5, 5.41) is 11.8. The van der Waals surface area contributed by atoms with Gasteiger partial charge in [-0.15, -0.1) is 0 Å². The predicted molar refractivity (Wildman–Crippen MR) is 114 cm³/mol. The van der Waals surface area contributed by atoms with Crippen LogP contribution in [0.5, 0.6) is 5.75 Å². The average Bonchev–Trinajstić information content (AvgIpc) is 3.18. The number of hydrogen-bond donors (Lipinski definition) is 1. The molecule has 154 valence electrons. The van der Waals surface area contributed by atoms with E-state index < -0.39 is 10.0 Å². The van der Waals surface area contributed by atoms with Crippen molar-refractivity contribution < 1.29 is 17.5 Å². The lowest BCUT2D eigenvalue weighted by Crippen LogP contribution is -2.19. The number of nitrogens with zero attached hydrogens (tertiary/aromatic N) is 2. The van der Waals surface area contributed by atoms with Gasteiger partial charge in [0.2, 0.25) is 10.0 Å². The number of methoxy groups -OCH3 is 1. The molecule has 0 radical (unpaired) electrons. The average molecular weight is 425 g/mol. The summed E-state index contributed by atoms with van der Waals surface area (Å²) in [5.74, 6) is 0.364. The third-order valence-corrected chi connectivity index (χ3v) is 5.92. The van der Waals surface area contributed by atoms with Crippen LogP contribution < -0.4 is 14.9 Å². The van der Waals surface area contributed by atoms with Crippen molar-refractivity contribution in [1.82, 2.24) is 0 Å². The van der Waals surface area contributed by atoms with Crippen LogP contribution in [0.15, 0.2) is 82.8 Å². The van der Waals surface area contributed by atoms with Gasteiger partial charge in [-0.2, -0.15) is 5.10 Å². The van der Waals surface area contributed by atoms with Gasteiger partial charge in [-0.05, 0) is 54.1 Å². The first-order valence-electron chi connectivity index (χ1n) is 9.25. The molecular weight excluding hydrogens is 405 g/mol. The highest BCUT2D eigenvalue weighted by Crippen LogP contribution is 2.38. The summed E-state index contributed by atoms with van der Waals surface area (Å²) in [4.78, 5) is 0.0154. The Morgan fingerprint density at radius 2 is 1.80 bits per heavy atom. The van der Waals surface area contributed by atoms with Gasteiger partial charge in [-0.1, -0.05) is 24.3 Å². The highest BCUT2D eigenvalue weighted by atomic mass is 32.2. The molecule has 8 heteroatoms. The SMILES string of the molecule is COc1ccccc1C1=NN(c2ccc(S(N)(=O)=O)cc2)[C@@H](c2cccc(F)c2)C1. The van der Waals surface area contributed by atoms with Gasteiger partial charge in [0.1, 0.15) is 11.6 Å². The smallest absolute Gasteiger partial charge is 0.238 e. The number of primary sulfonamides is 1. The van der Waals surface area contributed by atoms with E-state index in [9.17, 15) is 12.8 Å². The van der Waals surface area contributed by atoms with Crippen LogP contribution >= 0.6 is 0 Å². The van der Waals surface area contributed by atoms with Gasteiger partial charge >= 0.3 is 0 Å². The van der Waals surface area contributed by atoms with E-state index in [1.54, 1.807) is 30.3 Å². The molecule has 1 heterocycles. The van der Waals surface area contributed by atoms with E-state index in [0.717, 1.165) is 16.8 Å². The molecule has 2 N–H and O–H groups in total. The Hall–Kier alpha value is -3.23. The number of rotatable bonds is 5. The molecule has 3 aromatic carbocycles. The zero-order valence-corrected chi connectivity index (χ0v) is 17.0. The quantitative estimate of drug-likeness (QED) is 0.673. The Bertz CT molecular complexity index is 1210. The molecule has 0 bridgehead atoms. The molecule has 0 spiro atoms. The van der Waals surface area contributed by atoms with Gasteiger partial charge in [0.25, 0.3) is 0 Å². The monoisotopic (exact) mass is 425 g/mol. The number of sulfonamides is 1. The second kappa shape index (κ2) is 7.89. The molecule has 0 saturated carbocycles. The second-order valence-corrected chi connectivity index (χ2v) is 8.47. The van der Waals surface area contributed by atoms with E-state index in [0.29, 0.717) is 17.9 Å². The van der Waals surface area contributed by atoms with Crippen molar-refractivity contribution in [3.8, 4) is 5.75 Å². The van der Waals surface area contributed by atoms with Crippen molar-refractivity contribution in [2.24, 2.45) is 10.2 Å². The Kier molecular flexibility index (Phi) is 5.27. The van der Waals surface area contributed by atoms with Crippen molar-refractivity contribution >= 4 is 21.4 Å². The van der Waals surface area contributed by atoms with Crippen molar-refractivity contribution in [2.75, 3.05) is 12.1 Å². The van der Waals surface area contributed by atoms with Gasteiger partial charge in [0, 0.05) is 12.0 Å². The van der Waals surface area contributed by atoms with Crippen LogP contribution in [0, 0.1) is 5.82 Å². The minimum absolute atomic E-state index is 0.0154. The maximum atomic E-state index is 13.9. The predicted octanol–water partition coefficient (Wildman–Crippen LogP) is 3.84. The lowest BCUT2D eigenvalue weighted by Gasteiger charge is -2.24. The zero-order valence-electron chi connectivity index (χ0n) is 16.2. The summed E-state index contributed by atoms with van der Waals surface area (Å²) in [6.07, 6.45) is 0.529. The number of halogens is 1. The number of hydrazone groups is 1. The summed E-state index contributed by atoms with van der Waals surface area (Å²) in [5.41, 5.74) is 3.07. The van der Waals surface area contributed by atoms with E-state index in [4.69, 9.17) is 15.0 Å². The number of hydrogen-bond acceptors (Lipinski definition) is 5. The zero-order chi connectivity index (χ0) is 21.3. The van der Waals surface area contributed by atoms with Crippen molar-refractivity contribution in [3.05, 3.63) is 89.7 Å². The Morgan fingerprint density at radius 3 is 2.47 bits per heavy atom. The third kappa shape index (κ3) is 3.92. The number of ether oxygens (including phenoxy) is 1. The van der Waals surface area contributed by atoms with E-state index in [1.165, 1.54) is 24.3 Å². The molecule has 0 aromatic heterocycles. The van der Waals surface area contributed by atoms with Crippen LogP contribution in [0.4, 0.5) is 10.1 Å². The standard InChI is InChI=1S/C22H20FN3O3S/c1-29-22-8-3-2-7-19(22)20-14-21(15-5-4-6-16(23)13-15)26(25-20)17-9-11-18(12-10-17)30(24,27)28/h2-13,21H,14H2,1H3,(H2,24,27,28)/t21-/m1/s1. The number of para-hydroxylation sites is 1. The molecule has 4 rings (SSSR count). The van der Waals surface area contributed by atoms with Crippen LogP contribution in [-0.4, -0.2) is 21.2 Å². The third-order valence-electron chi connectivity index (χ3n) is 4.99. The normalized spacial score (nSPS) is 16.4. The number of benzene rings is 3. The molecule has 30 heavy (non-hydrogen) atoms. The first-order chi connectivity index (χ1) is 14.4. The topological polar surface area (TPSA) is 85.0 Å². The van der Waals surface area contributed by atoms with Crippen LogP contribution in [0.25, 0.3) is 0 Å². The molecule has 1 atom stereocenters. The summed E-state index contributed by atoms with van der Waals surface area (Å²) in [7, 11) is -2.20. The summed E-state index contributed by atoms with van der Waals surface area (Å²) < 4.78 is 42.5. The van der Waals surface area contributed by atoms with Crippen LogP contribution in [0.1, 0.15) is 23.6 Å². The highest BCUT2D eigenvalue weighted by molar-refractivity contribution is 7.89. The van der Waals surface area contributed by atoms with Crippen LogP contribution in [-0.2, 0) is 10.0 Å². The fourth-order valence-corrected chi connectivity index (χ4v) is 4.07. The van der Waals surface area contributed by atoms with E-state index in [1.807, 2.05) is 30.3 Å². The maximum Gasteiger partial charge on any atom is 0.238 e. The molecule has 3 aromatic rings. The number of nitrogens with two attached hydrogens (primary N) is 1. The molecule has 0 amide bonds. The van der Waals surface area contributed by atoms with Crippen LogP contribution in [0.2, 0.25) is 0 Å². The Morgan fingerprint density at radius 1 is 1.07 bits per heavy atom.